The highest BCUT2D eigenvalue weighted by molar-refractivity contribution is 5.57. The van der Waals surface area contributed by atoms with Crippen LogP contribution in [0.3, 0.4) is 0 Å². The monoisotopic (exact) mass is 388 g/mol. The van der Waals surface area contributed by atoms with Crippen molar-refractivity contribution in [3.63, 3.8) is 0 Å². The predicted octanol–water partition coefficient (Wildman–Crippen LogP) is 6.87. The first kappa shape index (κ1) is 21.0. The van der Waals surface area contributed by atoms with E-state index >= 15 is 0 Å². The normalized spacial score (nSPS) is 13.3. The second kappa shape index (κ2) is 7.59. The second-order valence-corrected chi connectivity index (χ2v) is 9.86. The first-order valence-electron chi connectivity index (χ1n) is 10.2. The van der Waals surface area contributed by atoms with Gasteiger partial charge in [-0.2, -0.15) is 0 Å². The first-order valence-corrected chi connectivity index (χ1v) is 10.2. The first-order chi connectivity index (χ1) is 13.5. The van der Waals surface area contributed by atoms with Crippen LogP contribution in [0.25, 0.3) is 0 Å². The van der Waals surface area contributed by atoms with Crippen molar-refractivity contribution in [1.29, 1.82) is 0 Å². The average molecular weight is 389 g/mol. The fraction of sp³-hybridized carbons (Fsp3) is 0.333. The minimum atomic E-state index is -0.263. The quantitative estimate of drug-likeness (QED) is 0.480. The van der Waals surface area contributed by atoms with Gasteiger partial charge in [0, 0.05) is 17.0 Å². The number of aromatic hydroxyl groups is 2. The number of para-hydroxylation sites is 1. The van der Waals surface area contributed by atoms with Crippen molar-refractivity contribution in [3.05, 3.63) is 94.5 Å². The Balaban J connectivity index is 2.38. The molecule has 0 aliphatic rings. The highest BCUT2D eigenvalue weighted by Crippen LogP contribution is 2.45. The molecule has 0 aromatic heterocycles. The van der Waals surface area contributed by atoms with Crippen molar-refractivity contribution < 1.29 is 10.2 Å². The van der Waals surface area contributed by atoms with Crippen LogP contribution in [0, 0.1) is 0 Å². The van der Waals surface area contributed by atoms with E-state index in [0.717, 1.165) is 22.3 Å². The number of rotatable bonds is 3. The Morgan fingerprint density at radius 1 is 0.655 bits per heavy atom. The summed E-state index contributed by atoms with van der Waals surface area (Å²) >= 11 is 0. The average Bonchev–Trinajstić information content (AvgIpc) is 2.64. The van der Waals surface area contributed by atoms with Gasteiger partial charge in [-0.3, -0.25) is 0 Å². The van der Waals surface area contributed by atoms with Gasteiger partial charge in [-0.15, -0.1) is 0 Å². The number of phenolic OH excluding ortho intramolecular Hbond substituents is 2. The third-order valence-electron chi connectivity index (χ3n) is 5.51. The largest absolute Gasteiger partial charge is 0.508 e. The van der Waals surface area contributed by atoms with Crippen molar-refractivity contribution in [2.45, 2.75) is 58.3 Å². The summed E-state index contributed by atoms with van der Waals surface area (Å²) in [4.78, 5) is 0. The fourth-order valence-electron chi connectivity index (χ4n) is 3.79. The molecular formula is C27H32O2. The summed E-state index contributed by atoms with van der Waals surface area (Å²) in [7, 11) is 0. The van der Waals surface area contributed by atoms with Crippen LogP contribution < -0.4 is 0 Å². The summed E-state index contributed by atoms with van der Waals surface area (Å²) in [5.41, 5.74) is 4.48. The molecule has 2 heteroatoms. The Hall–Kier alpha value is -2.74. The van der Waals surface area contributed by atoms with E-state index in [1.807, 2.05) is 36.4 Å². The predicted molar refractivity (Wildman–Crippen MR) is 121 cm³/mol. The zero-order valence-corrected chi connectivity index (χ0v) is 18.3. The van der Waals surface area contributed by atoms with E-state index in [1.165, 1.54) is 5.56 Å². The van der Waals surface area contributed by atoms with Crippen LogP contribution in [0.4, 0.5) is 0 Å². The molecule has 3 rings (SSSR count). The van der Waals surface area contributed by atoms with E-state index in [0.29, 0.717) is 5.75 Å². The maximum Gasteiger partial charge on any atom is 0.123 e. The highest BCUT2D eigenvalue weighted by Gasteiger charge is 2.30. The standard InChI is InChI=1S/C27H32O2/c1-26(2,3)19-16-21(25(29)22(17-19)27(4,5)6)24(18-12-8-7-9-13-18)20-14-10-11-15-23(20)28/h7-17,24,28-29H,1-6H3. The molecule has 0 bridgehead atoms. The topological polar surface area (TPSA) is 40.5 Å². The molecule has 0 amide bonds. The van der Waals surface area contributed by atoms with Crippen molar-refractivity contribution in [1.82, 2.24) is 0 Å². The van der Waals surface area contributed by atoms with Crippen molar-refractivity contribution in [2.24, 2.45) is 0 Å². The van der Waals surface area contributed by atoms with E-state index in [9.17, 15) is 10.2 Å². The van der Waals surface area contributed by atoms with Crippen molar-refractivity contribution in [2.75, 3.05) is 0 Å². The lowest BCUT2D eigenvalue weighted by Gasteiger charge is -2.30. The maximum atomic E-state index is 11.4. The molecule has 0 aliphatic heterocycles. The summed E-state index contributed by atoms with van der Waals surface area (Å²) in [5.74, 6) is 0.280. The van der Waals surface area contributed by atoms with E-state index in [4.69, 9.17) is 0 Å². The minimum absolute atomic E-state index is 0.0670. The van der Waals surface area contributed by atoms with Crippen LogP contribution in [0.1, 0.15) is 75.3 Å². The zero-order chi connectivity index (χ0) is 21.4. The third kappa shape index (κ3) is 4.32. The summed E-state index contributed by atoms with van der Waals surface area (Å²) in [5, 5.41) is 22.1. The zero-order valence-electron chi connectivity index (χ0n) is 18.3. The van der Waals surface area contributed by atoms with Crippen LogP contribution in [-0.4, -0.2) is 10.2 Å². The van der Waals surface area contributed by atoms with Crippen LogP contribution in [-0.2, 0) is 10.8 Å². The third-order valence-corrected chi connectivity index (χ3v) is 5.51. The van der Waals surface area contributed by atoms with E-state index in [2.05, 4.69) is 65.8 Å². The van der Waals surface area contributed by atoms with Gasteiger partial charge in [0.15, 0.2) is 0 Å². The summed E-state index contributed by atoms with van der Waals surface area (Å²) in [6.07, 6.45) is 0. The van der Waals surface area contributed by atoms with Gasteiger partial charge in [-0.1, -0.05) is 102 Å². The van der Waals surface area contributed by atoms with Gasteiger partial charge in [0.2, 0.25) is 0 Å². The molecule has 0 fully saturated rings. The molecule has 0 radical (unpaired) electrons. The number of benzene rings is 3. The SMILES string of the molecule is CC(C)(C)c1cc(C(c2ccccc2)c2ccccc2O)c(O)c(C(C)(C)C)c1. The highest BCUT2D eigenvalue weighted by atomic mass is 16.3. The van der Waals surface area contributed by atoms with Gasteiger partial charge < -0.3 is 10.2 Å². The van der Waals surface area contributed by atoms with Gasteiger partial charge in [0.05, 0.1) is 0 Å². The van der Waals surface area contributed by atoms with Crippen LogP contribution in [0.2, 0.25) is 0 Å². The molecular weight excluding hydrogens is 356 g/mol. The molecule has 0 spiro atoms. The van der Waals surface area contributed by atoms with Crippen LogP contribution in [0.15, 0.2) is 66.7 Å². The maximum absolute atomic E-state index is 11.4. The lowest BCUT2D eigenvalue weighted by molar-refractivity contribution is 0.435. The fourth-order valence-corrected chi connectivity index (χ4v) is 3.79. The number of phenols is 2. The molecule has 152 valence electrons. The van der Waals surface area contributed by atoms with Crippen LogP contribution >= 0.6 is 0 Å². The summed E-state index contributed by atoms with van der Waals surface area (Å²) in [6, 6.07) is 21.7. The molecule has 29 heavy (non-hydrogen) atoms. The van der Waals surface area contributed by atoms with Gasteiger partial charge in [0.1, 0.15) is 11.5 Å². The molecule has 1 atom stereocenters. The molecule has 0 saturated heterocycles. The van der Waals surface area contributed by atoms with Crippen LogP contribution in [0.5, 0.6) is 11.5 Å². The Bertz CT molecular complexity index is 989. The summed E-state index contributed by atoms with van der Waals surface area (Å²) in [6.45, 7) is 12.9. The Morgan fingerprint density at radius 3 is 1.79 bits per heavy atom. The molecule has 3 aromatic rings. The Morgan fingerprint density at radius 2 is 1.24 bits per heavy atom. The molecule has 1 unspecified atom stereocenters. The number of hydrogen-bond acceptors (Lipinski definition) is 2. The molecule has 2 N–H and O–H groups in total. The van der Waals surface area contributed by atoms with Gasteiger partial charge in [-0.25, -0.2) is 0 Å². The van der Waals surface area contributed by atoms with E-state index in [1.54, 1.807) is 6.07 Å². The lowest BCUT2D eigenvalue weighted by Crippen LogP contribution is -2.18. The van der Waals surface area contributed by atoms with Crippen molar-refractivity contribution >= 4 is 0 Å². The van der Waals surface area contributed by atoms with Gasteiger partial charge >= 0.3 is 0 Å². The van der Waals surface area contributed by atoms with Gasteiger partial charge in [0.25, 0.3) is 0 Å². The van der Waals surface area contributed by atoms with E-state index < -0.39 is 0 Å². The lowest BCUT2D eigenvalue weighted by atomic mass is 9.75. The molecule has 0 heterocycles. The molecule has 3 aromatic carbocycles. The molecule has 0 aliphatic carbocycles. The summed E-state index contributed by atoms with van der Waals surface area (Å²) < 4.78 is 0. The molecule has 0 saturated carbocycles. The van der Waals surface area contributed by atoms with E-state index in [-0.39, 0.29) is 22.5 Å². The second-order valence-electron chi connectivity index (χ2n) is 9.86. The van der Waals surface area contributed by atoms with Crippen molar-refractivity contribution in [3.8, 4) is 11.5 Å². The molecule has 2 nitrogen and oxygen atoms in total. The number of hydrogen-bond donors (Lipinski definition) is 2. The van der Waals surface area contributed by atoms with Gasteiger partial charge in [-0.05, 0) is 33.6 Å². The minimum Gasteiger partial charge on any atom is -0.508 e. The Labute approximate surface area is 174 Å². The smallest absolute Gasteiger partial charge is 0.123 e. The Kier molecular flexibility index (Phi) is 5.49.